The molecule has 0 saturated carbocycles. The van der Waals surface area contributed by atoms with E-state index in [0.29, 0.717) is 11.3 Å². The maximum atomic E-state index is 10.6. The van der Waals surface area contributed by atoms with Gasteiger partial charge in [0.05, 0.1) is 7.11 Å². The number of ether oxygens (including phenoxy) is 1. The van der Waals surface area contributed by atoms with Gasteiger partial charge in [0.1, 0.15) is 6.04 Å². The lowest BCUT2D eigenvalue weighted by atomic mass is 10.0. The van der Waals surface area contributed by atoms with Crippen LogP contribution in [-0.4, -0.2) is 29.3 Å². The van der Waals surface area contributed by atoms with Crippen molar-refractivity contribution in [1.29, 1.82) is 0 Å². The summed E-state index contributed by atoms with van der Waals surface area (Å²) in [5.74, 6) is -0.784. The number of nitrogens with two attached hydrogens (primary N) is 1. The molecule has 0 bridgehead atoms. The summed E-state index contributed by atoms with van der Waals surface area (Å²) in [6.07, 6.45) is 0.0673. The fourth-order valence-electron chi connectivity index (χ4n) is 1.46. The molecule has 1 unspecified atom stereocenters. The van der Waals surface area contributed by atoms with Gasteiger partial charge in [-0.15, -0.1) is 0 Å². The van der Waals surface area contributed by atoms with Crippen molar-refractivity contribution in [2.45, 2.75) is 19.4 Å². The molecule has 0 heterocycles. The number of methoxy groups -OCH3 is 1. The van der Waals surface area contributed by atoms with Gasteiger partial charge < -0.3 is 20.7 Å². The van der Waals surface area contributed by atoms with Crippen LogP contribution in [0.15, 0.2) is 12.1 Å². The van der Waals surface area contributed by atoms with Crippen LogP contribution in [0.25, 0.3) is 0 Å². The van der Waals surface area contributed by atoms with Crippen LogP contribution >= 0.6 is 0 Å². The number of phenolic OH excluding ortho intramolecular Hbond substituents is 1. The zero-order valence-corrected chi connectivity index (χ0v) is 9.23. The summed E-state index contributed by atoms with van der Waals surface area (Å²) in [5.41, 5.74) is 6.65. The molecule has 4 N–H and O–H groups in total. The van der Waals surface area contributed by atoms with E-state index in [0.717, 1.165) is 5.56 Å². The van der Waals surface area contributed by atoms with Crippen molar-refractivity contribution in [3.05, 3.63) is 23.3 Å². The van der Waals surface area contributed by atoms with Crippen molar-refractivity contribution in [1.82, 2.24) is 0 Å². The number of aromatic hydroxyl groups is 1. The van der Waals surface area contributed by atoms with Crippen molar-refractivity contribution in [3.63, 3.8) is 0 Å². The van der Waals surface area contributed by atoms with Crippen LogP contribution in [0, 0.1) is 6.92 Å². The maximum Gasteiger partial charge on any atom is 0.320 e. The highest BCUT2D eigenvalue weighted by Gasteiger charge is 2.17. The Bertz CT molecular complexity index is 403. The average molecular weight is 225 g/mol. The molecule has 0 amide bonds. The van der Waals surface area contributed by atoms with Crippen molar-refractivity contribution in [2.24, 2.45) is 5.73 Å². The number of rotatable bonds is 4. The third-order valence-electron chi connectivity index (χ3n) is 2.37. The molecule has 0 aromatic heterocycles. The van der Waals surface area contributed by atoms with Gasteiger partial charge in [0.25, 0.3) is 0 Å². The second-order valence-electron chi connectivity index (χ2n) is 3.57. The largest absolute Gasteiger partial charge is 0.504 e. The first-order valence-electron chi connectivity index (χ1n) is 4.81. The molecule has 88 valence electrons. The van der Waals surface area contributed by atoms with Crippen LogP contribution < -0.4 is 10.5 Å². The summed E-state index contributed by atoms with van der Waals surface area (Å²) in [5, 5.41) is 18.5. The summed E-state index contributed by atoms with van der Waals surface area (Å²) in [6, 6.07) is 2.37. The minimum atomic E-state index is -1.10. The van der Waals surface area contributed by atoms with Gasteiger partial charge in [-0.25, -0.2) is 0 Å². The second-order valence-corrected chi connectivity index (χ2v) is 3.57. The third-order valence-corrected chi connectivity index (χ3v) is 2.37. The Labute approximate surface area is 93.5 Å². The Morgan fingerprint density at radius 1 is 1.56 bits per heavy atom. The molecule has 16 heavy (non-hydrogen) atoms. The quantitative estimate of drug-likeness (QED) is 0.700. The molecule has 0 spiro atoms. The Balaban J connectivity index is 3.02. The summed E-state index contributed by atoms with van der Waals surface area (Å²) >= 11 is 0. The van der Waals surface area contributed by atoms with E-state index in [9.17, 15) is 9.90 Å². The van der Waals surface area contributed by atoms with E-state index >= 15 is 0 Å². The van der Waals surface area contributed by atoms with Crippen LogP contribution in [0.1, 0.15) is 11.1 Å². The first-order chi connectivity index (χ1) is 7.47. The summed E-state index contributed by atoms with van der Waals surface area (Å²) in [6.45, 7) is 1.79. The molecular weight excluding hydrogens is 210 g/mol. The van der Waals surface area contributed by atoms with E-state index in [-0.39, 0.29) is 12.2 Å². The fraction of sp³-hybridized carbons (Fsp3) is 0.364. The molecule has 1 atom stereocenters. The summed E-state index contributed by atoms with van der Waals surface area (Å²) in [4.78, 5) is 10.6. The second kappa shape index (κ2) is 4.85. The lowest BCUT2D eigenvalue weighted by molar-refractivity contribution is -0.138. The zero-order valence-electron chi connectivity index (χ0n) is 9.23. The molecule has 1 aromatic carbocycles. The number of benzene rings is 1. The van der Waals surface area contributed by atoms with E-state index in [1.165, 1.54) is 7.11 Å². The van der Waals surface area contributed by atoms with Gasteiger partial charge in [-0.1, -0.05) is 12.1 Å². The topological polar surface area (TPSA) is 92.8 Å². The van der Waals surface area contributed by atoms with Gasteiger partial charge >= 0.3 is 5.97 Å². The first kappa shape index (κ1) is 12.3. The highest BCUT2D eigenvalue weighted by molar-refractivity contribution is 5.73. The highest BCUT2D eigenvalue weighted by atomic mass is 16.5. The number of aryl methyl sites for hydroxylation is 1. The molecule has 0 aliphatic rings. The Morgan fingerprint density at radius 2 is 2.19 bits per heavy atom. The Morgan fingerprint density at radius 3 is 2.69 bits per heavy atom. The minimum absolute atomic E-state index is 0.0424. The van der Waals surface area contributed by atoms with Gasteiger partial charge in [0, 0.05) is 6.42 Å². The number of carbonyl (C=O) groups is 1. The Kier molecular flexibility index (Phi) is 3.73. The number of hydrogen-bond acceptors (Lipinski definition) is 4. The van der Waals surface area contributed by atoms with Crippen molar-refractivity contribution in [2.75, 3.05) is 7.11 Å². The van der Waals surface area contributed by atoms with Crippen LogP contribution in [0.3, 0.4) is 0 Å². The number of phenols is 1. The first-order valence-corrected chi connectivity index (χ1v) is 4.81. The molecule has 5 heteroatoms. The average Bonchev–Trinajstić information content (AvgIpc) is 2.22. The van der Waals surface area contributed by atoms with E-state index in [1.54, 1.807) is 19.1 Å². The number of hydrogen-bond donors (Lipinski definition) is 3. The van der Waals surface area contributed by atoms with Gasteiger partial charge in [0.15, 0.2) is 11.5 Å². The molecule has 0 fully saturated rings. The van der Waals surface area contributed by atoms with Crippen LogP contribution in [0.2, 0.25) is 0 Å². The van der Waals surface area contributed by atoms with Gasteiger partial charge in [-0.05, 0) is 18.1 Å². The van der Waals surface area contributed by atoms with Crippen LogP contribution in [0.5, 0.6) is 11.5 Å². The molecule has 0 saturated heterocycles. The van der Waals surface area contributed by atoms with Gasteiger partial charge in [-0.2, -0.15) is 0 Å². The SMILES string of the molecule is COc1c(C)ccc(CC(N)C(=O)O)c1O. The van der Waals surface area contributed by atoms with Crippen LogP contribution in [0.4, 0.5) is 0 Å². The molecular formula is C11H15NO4. The normalized spacial score (nSPS) is 12.2. The summed E-state index contributed by atoms with van der Waals surface area (Å²) in [7, 11) is 1.45. The minimum Gasteiger partial charge on any atom is -0.504 e. The van der Waals surface area contributed by atoms with Crippen molar-refractivity contribution >= 4 is 5.97 Å². The Hall–Kier alpha value is -1.75. The zero-order chi connectivity index (χ0) is 12.3. The van der Waals surface area contributed by atoms with E-state index in [1.807, 2.05) is 0 Å². The van der Waals surface area contributed by atoms with Gasteiger partial charge in [-0.3, -0.25) is 4.79 Å². The van der Waals surface area contributed by atoms with Crippen molar-refractivity contribution < 1.29 is 19.7 Å². The van der Waals surface area contributed by atoms with Crippen LogP contribution in [-0.2, 0) is 11.2 Å². The predicted octanol–water partition coefficient (Wildman–Crippen LogP) is 0.664. The highest BCUT2D eigenvalue weighted by Crippen LogP contribution is 2.33. The molecule has 0 aliphatic heterocycles. The smallest absolute Gasteiger partial charge is 0.320 e. The molecule has 5 nitrogen and oxygen atoms in total. The van der Waals surface area contributed by atoms with E-state index in [2.05, 4.69) is 0 Å². The number of carboxylic acid groups (broad SMARTS) is 1. The number of aliphatic carboxylic acids is 1. The van der Waals surface area contributed by atoms with Crippen molar-refractivity contribution in [3.8, 4) is 11.5 Å². The number of carboxylic acids is 1. The molecule has 0 aliphatic carbocycles. The monoisotopic (exact) mass is 225 g/mol. The molecule has 1 rings (SSSR count). The molecule has 0 radical (unpaired) electrons. The maximum absolute atomic E-state index is 10.6. The fourth-order valence-corrected chi connectivity index (χ4v) is 1.46. The standard InChI is InChI=1S/C11H15NO4/c1-6-3-4-7(5-8(12)11(14)15)9(13)10(6)16-2/h3-4,8,13H,5,12H2,1-2H3,(H,14,15). The van der Waals surface area contributed by atoms with E-state index in [4.69, 9.17) is 15.6 Å². The lowest BCUT2D eigenvalue weighted by Crippen LogP contribution is -2.32. The van der Waals surface area contributed by atoms with E-state index < -0.39 is 12.0 Å². The lowest BCUT2D eigenvalue weighted by Gasteiger charge is -2.13. The third kappa shape index (κ3) is 2.43. The summed E-state index contributed by atoms with van der Waals surface area (Å²) < 4.78 is 5.02. The molecule has 1 aromatic rings. The predicted molar refractivity (Wildman–Crippen MR) is 58.7 cm³/mol. The van der Waals surface area contributed by atoms with Gasteiger partial charge in [0.2, 0.25) is 0 Å².